The molecule has 3 rings (SSSR count). The monoisotopic (exact) mass is 332 g/mol. The van der Waals surface area contributed by atoms with E-state index in [1.165, 1.54) is 0 Å². The molecule has 3 aliphatic heterocycles. The highest BCUT2D eigenvalue weighted by Crippen LogP contribution is 2.48. The highest BCUT2D eigenvalue weighted by atomic mass is 35.5. The molecule has 126 valence electrons. The summed E-state index contributed by atoms with van der Waals surface area (Å²) in [6.07, 6.45) is 1.86. The van der Waals surface area contributed by atoms with E-state index >= 15 is 0 Å². The third-order valence-electron chi connectivity index (χ3n) is 4.94. The van der Waals surface area contributed by atoms with Crippen LogP contribution in [0, 0.1) is 5.41 Å². The van der Waals surface area contributed by atoms with Crippen LogP contribution in [-0.2, 0) is 19.0 Å². The Kier molecular flexibility index (Phi) is 4.45. The van der Waals surface area contributed by atoms with Crippen LogP contribution in [0.5, 0.6) is 0 Å². The lowest BCUT2D eigenvalue weighted by atomic mass is 9.85. The molecule has 3 heterocycles. The van der Waals surface area contributed by atoms with Crippen LogP contribution in [0.1, 0.15) is 46.5 Å². The molecule has 3 aliphatic rings. The molecule has 0 bridgehead atoms. The third kappa shape index (κ3) is 3.14. The van der Waals surface area contributed by atoms with Crippen molar-refractivity contribution in [3.8, 4) is 0 Å². The van der Waals surface area contributed by atoms with E-state index in [1.54, 1.807) is 13.8 Å². The maximum Gasteiger partial charge on any atom is 0.313 e. The quantitative estimate of drug-likeness (QED) is 0.484. The van der Waals surface area contributed by atoms with Crippen molar-refractivity contribution in [3.63, 3.8) is 0 Å². The second kappa shape index (κ2) is 5.93. The van der Waals surface area contributed by atoms with Crippen LogP contribution in [-0.4, -0.2) is 53.1 Å². The number of rotatable bonds is 4. The number of hydrogen-bond donors (Lipinski definition) is 1. The summed E-state index contributed by atoms with van der Waals surface area (Å²) in [4.78, 5) is 12.5. The van der Waals surface area contributed by atoms with Crippen LogP contribution >= 0.6 is 11.6 Å². The van der Waals surface area contributed by atoms with Gasteiger partial charge < -0.3 is 19.3 Å². The summed E-state index contributed by atoms with van der Waals surface area (Å²) in [5.41, 5.74) is -0.823. The highest BCUT2D eigenvalue weighted by molar-refractivity contribution is 6.23. The van der Waals surface area contributed by atoms with E-state index in [9.17, 15) is 9.90 Å². The van der Waals surface area contributed by atoms with E-state index in [1.807, 2.05) is 6.92 Å². The average molecular weight is 333 g/mol. The number of fused-ring (bicyclic) bond motifs is 3. The minimum Gasteiger partial charge on any atom is -0.462 e. The zero-order valence-corrected chi connectivity index (χ0v) is 14.1. The summed E-state index contributed by atoms with van der Waals surface area (Å²) < 4.78 is 17.0. The van der Waals surface area contributed by atoms with Gasteiger partial charge in [-0.25, -0.2) is 0 Å². The van der Waals surface area contributed by atoms with Crippen LogP contribution < -0.4 is 0 Å². The van der Waals surface area contributed by atoms with Crippen molar-refractivity contribution in [1.82, 2.24) is 0 Å². The molecule has 0 amide bonds. The van der Waals surface area contributed by atoms with Crippen molar-refractivity contribution in [1.29, 1.82) is 0 Å². The van der Waals surface area contributed by atoms with Gasteiger partial charge in [-0.15, -0.1) is 11.6 Å². The van der Waals surface area contributed by atoms with E-state index in [-0.39, 0.29) is 36.5 Å². The van der Waals surface area contributed by atoms with Crippen LogP contribution in [0.4, 0.5) is 0 Å². The predicted octanol–water partition coefficient (Wildman–Crippen LogP) is 2.02. The molecule has 7 atom stereocenters. The van der Waals surface area contributed by atoms with Crippen molar-refractivity contribution >= 4 is 17.6 Å². The number of aliphatic hydroxyl groups excluding tert-OH is 1. The molecular formula is C16H25ClO5. The summed E-state index contributed by atoms with van der Waals surface area (Å²) in [7, 11) is 0. The van der Waals surface area contributed by atoms with E-state index in [0.717, 1.165) is 6.42 Å². The zero-order valence-electron chi connectivity index (χ0n) is 13.3. The number of esters is 1. The Balaban J connectivity index is 1.72. The number of carbonyl (C=O) groups excluding carboxylic acids is 1. The molecule has 0 radical (unpaired) electrons. The lowest BCUT2D eigenvalue weighted by Gasteiger charge is -2.30. The van der Waals surface area contributed by atoms with E-state index < -0.39 is 16.9 Å². The van der Waals surface area contributed by atoms with Crippen molar-refractivity contribution < 1.29 is 24.1 Å². The molecule has 0 aliphatic carbocycles. The Morgan fingerprint density at radius 2 is 2.05 bits per heavy atom. The summed E-state index contributed by atoms with van der Waals surface area (Å²) in [6.45, 7) is 5.60. The van der Waals surface area contributed by atoms with Crippen LogP contribution in [0.2, 0.25) is 0 Å². The van der Waals surface area contributed by atoms with Gasteiger partial charge in [-0.2, -0.15) is 0 Å². The van der Waals surface area contributed by atoms with Gasteiger partial charge >= 0.3 is 5.97 Å². The molecule has 5 nitrogen and oxygen atoms in total. The third-order valence-corrected chi connectivity index (χ3v) is 5.73. The largest absolute Gasteiger partial charge is 0.462 e. The SMILES string of the molecule is CCC[C@@H](O)C[C@H]1C[C@H]2O[C@H]2[C@H]2O[C@H]2[C@H](Cl)C(C)(C)C(=O)O1. The van der Waals surface area contributed by atoms with Crippen molar-refractivity contribution in [2.45, 2.75) is 88.5 Å². The molecule has 3 saturated heterocycles. The highest BCUT2D eigenvalue weighted by Gasteiger charge is 2.63. The smallest absolute Gasteiger partial charge is 0.313 e. The number of ether oxygens (including phenoxy) is 3. The molecular weight excluding hydrogens is 308 g/mol. The van der Waals surface area contributed by atoms with Gasteiger partial charge in [0.05, 0.1) is 23.0 Å². The maximum atomic E-state index is 12.5. The number of epoxide rings is 2. The average Bonchev–Trinajstić information content (AvgIpc) is 3.30. The number of hydrogen-bond acceptors (Lipinski definition) is 5. The van der Waals surface area contributed by atoms with Gasteiger partial charge in [0.15, 0.2) is 0 Å². The second-order valence-corrected chi connectivity index (χ2v) is 7.74. The van der Waals surface area contributed by atoms with Crippen molar-refractivity contribution in [2.75, 3.05) is 0 Å². The molecule has 6 heteroatoms. The van der Waals surface area contributed by atoms with Gasteiger partial charge in [0.1, 0.15) is 24.4 Å². The number of carbonyl (C=O) groups is 1. The summed E-state index contributed by atoms with van der Waals surface area (Å²) in [5, 5.41) is 9.60. The first kappa shape index (κ1) is 16.5. The molecule has 0 unspecified atom stereocenters. The van der Waals surface area contributed by atoms with Gasteiger partial charge in [0.25, 0.3) is 0 Å². The lowest BCUT2D eigenvalue weighted by molar-refractivity contribution is -0.162. The maximum absolute atomic E-state index is 12.5. The minimum absolute atomic E-state index is 0.00103. The fraction of sp³-hybridized carbons (Fsp3) is 0.938. The van der Waals surface area contributed by atoms with Crippen molar-refractivity contribution in [3.05, 3.63) is 0 Å². The number of aliphatic hydroxyl groups is 1. The molecule has 1 N–H and O–H groups in total. The van der Waals surface area contributed by atoms with E-state index in [0.29, 0.717) is 19.3 Å². The Bertz CT molecular complexity index is 440. The van der Waals surface area contributed by atoms with Crippen LogP contribution in [0.25, 0.3) is 0 Å². The fourth-order valence-electron chi connectivity index (χ4n) is 3.30. The van der Waals surface area contributed by atoms with Gasteiger partial charge in [-0.3, -0.25) is 4.79 Å². The Morgan fingerprint density at radius 1 is 1.32 bits per heavy atom. The molecule has 0 saturated carbocycles. The van der Waals surface area contributed by atoms with E-state index in [4.69, 9.17) is 25.8 Å². The van der Waals surface area contributed by atoms with Gasteiger partial charge in [0.2, 0.25) is 0 Å². The molecule has 0 spiro atoms. The second-order valence-electron chi connectivity index (χ2n) is 7.27. The first-order valence-corrected chi connectivity index (χ1v) is 8.62. The molecule has 22 heavy (non-hydrogen) atoms. The van der Waals surface area contributed by atoms with Gasteiger partial charge in [-0.1, -0.05) is 13.3 Å². The Labute approximate surface area is 136 Å². The zero-order chi connectivity index (χ0) is 16.1. The summed E-state index contributed by atoms with van der Waals surface area (Å²) >= 11 is 6.45. The lowest BCUT2D eigenvalue weighted by Crippen LogP contribution is -2.42. The van der Waals surface area contributed by atoms with Crippen molar-refractivity contribution in [2.24, 2.45) is 5.41 Å². The standard InChI is InChI=1S/C16H25ClO5/c1-4-5-8(18)6-9-7-10-11(21-10)12-13(22-12)14(17)16(2,3)15(19)20-9/h8-14,18H,4-7H2,1-3H3/t8-,9+,10-,11-,12-,13-,14+/m1/s1. The molecule has 0 aromatic heterocycles. The first-order valence-electron chi connectivity index (χ1n) is 8.18. The normalized spacial score (nSPS) is 44.3. The minimum atomic E-state index is -0.823. The predicted molar refractivity (Wildman–Crippen MR) is 80.8 cm³/mol. The Hall–Kier alpha value is -0.360. The number of alkyl halides is 1. The van der Waals surface area contributed by atoms with Gasteiger partial charge in [0, 0.05) is 12.8 Å². The number of cyclic esters (lactones) is 1. The summed E-state index contributed by atoms with van der Waals surface area (Å²) in [5.74, 6) is -0.324. The summed E-state index contributed by atoms with van der Waals surface area (Å²) in [6, 6.07) is 0. The fourth-order valence-corrected chi connectivity index (χ4v) is 3.60. The number of halogens is 1. The topological polar surface area (TPSA) is 71.6 Å². The van der Waals surface area contributed by atoms with Gasteiger partial charge in [-0.05, 0) is 20.3 Å². The first-order chi connectivity index (χ1) is 10.3. The van der Waals surface area contributed by atoms with E-state index in [2.05, 4.69) is 0 Å². The van der Waals surface area contributed by atoms with Crippen LogP contribution in [0.15, 0.2) is 0 Å². The molecule has 0 aromatic carbocycles. The Morgan fingerprint density at radius 3 is 2.73 bits per heavy atom. The molecule has 0 aromatic rings. The van der Waals surface area contributed by atoms with Crippen LogP contribution in [0.3, 0.4) is 0 Å². The molecule has 3 fully saturated rings.